The van der Waals surface area contributed by atoms with E-state index in [4.69, 9.17) is 0 Å². The zero-order valence-corrected chi connectivity index (χ0v) is 23.4. The van der Waals surface area contributed by atoms with Gasteiger partial charge in [-0.2, -0.15) is 0 Å². The predicted octanol–water partition coefficient (Wildman–Crippen LogP) is 7.61. The maximum atomic E-state index is 13.6. The summed E-state index contributed by atoms with van der Waals surface area (Å²) >= 11 is 1.58. The van der Waals surface area contributed by atoms with Crippen LogP contribution < -0.4 is 5.32 Å². The summed E-state index contributed by atoms with van der Waals surface area (Å²) in [6.07, 6.45) is 0. The number of halogens is 1. The predicted molar refractivity (Wildman–Crippen MR) is 150 cm³/mol. The van der Waals surface area contributed by atoms with Crippen molar-refractivity contribution >= 4 is 29.0 Å². The molecule has 7 heteroatoms. The lowest BCUT2D eigenvalue weighted by molar-refractivity contribution is -0.133. The second kappa shape index (κ2) is 12.9. The van der Waals surface area contributed by atoms with Crippen molar-refractivity contribution in [3.63, 3.8) is 0 Å². The number of carbonyl (C=O) groups is 2. The summed E-state index contributed by atoms with van der Waals surface area (Å²) in [7, 11) is 0. The molecular formula is C30H38FN3O2S. The number of anilines is 1. The summed E-state index contributed by atoms with van der Waals surface area (Å²) in [6.45, 7) is 13.0. The minimum absolute atomic E-state index is 0.0586. The first-order chi connectivity index (χ1) is 17.6. The van der Waals surface area contributed by atoms with Gasteiger partial charge in [-0.1, -0.05) is 64.1 Å². The summed E-state index contributed by atoms with van der Waals surface area (Å²) in [6, 6.07) is 15.7. The van der Waals surface area contributed by atoms with Crippen LogP contribution >= 0.6 is 11.3 Å². The molecule has 1 heterocycles. The Morgan fingerprint density at radius 3 is 2.00 bits per heavy atom. The lowest BCUT2D eigenvalue weighted by Gasteiger charge is -2.31. The molecule has 0 saturated carbocycles. The van der Waals surface area contributed by atoms with Crippen LogP contribution in [0, 0.1) is 5.82 Å². The Hall–Kier alpha value is -3.19. The summed E-state index contributed by atoms with van der Waals surface area (Å²) < 4.78 is 13.4. The molecule has 0 aliphatic heterocycles. The number of hydrogen-bond donors (Lipinski definition) is 1. The fourth-order valence-corrected chi connectivity index (χ4v) is 4.96. The number of para-hydroxylation sites is 1. The zero-order chi connectivity index (χ0) is 27.1. The maximum Gasteiger partial charge on any atom is 0.322 e. The second-order valence-electron chi connectivity index (χ2n) is 10.2. The van der Waals surface area contributed by atoms with Gasteiger partial charge in [0.2, 0.25) is 5.91 Å². The first kappa shape index (κ1) is 28.4. The number of nitrogens with zero attached hydrogens (tertiary/aromatic N) is 2. The van der Waals surface area contributed by atoms with Crippen molar-refractivity contribution in [1.29, 1.82) is 0 Å². The molecule has 2 aromatic carbocycles. The quantitative estimate of drug-likeness (QED) is 0.297. The van der Waals surface area contributed by atoms with Gasteiger partial charge in [0, 0.05) is 23.2 Å². The van der Waals surface area contributed by atoms with Crippen LogP contribution in [0.5, 0.6) is 0 Å². The molecule has 0 bridgehead atoms. The van der Waals surface area contributed by atoms with Gasteiger partial charge < -0.3 is 15.1 Å². The van der Waals surface area contributed by atoms with E-state index in [0.717, 1.165) is 27.3 Å². The lowest BCUT2D eigenvalue weighted by Crippen LogP contribution is -2.47. The fourth-order valence-electron chi connectivity index (χ4n) is 4.24. The van der Waals surface area contributed by atoms with Gasteiger partial charge in [-0.05, 0) is 66.0 Å². The van der Waals surface area contributed by atoms with Crippen molar-refractivity contribution in [2.45, 2.75) is 72.5 Å². The molecule has 1 N–H and O–H groups in total. The Balaban J connectivity index is 1.84. The van der Waals surface area contributed by atoms with Gasteiger partial charge >= 0.3 is 6.03 Å². The first-order valence-electron chi connectivity index (χ1n) is 12.8. The van der Waals surface area contributed by atoms with Crippen molar-refractivity contribution in [3.8, 4) is 0 Å². The topological polar surface area (TPSA) is 52.7 Å². The maximum absolute atomic E-state index is 13.6. The molecule has 5 nitrogen and oxygen atoms in total. The monoisotopic (exact) mass is 523 g/mol. The first-order valence-corrected chi connectivity index (χ1v) is 13.7. The Kier molecular flexibility index (Phi) is 9.86. The van der Waals surface area contributed by atoms with Crippen LogP contribution in [0.1, 0.15) is 74.9 Å². The van der Waals surface area contributed by atoms with E-state index in [1.165, 1.54) is 12.1 Å². The second-order valence-corrected chi connectivity index (χ2v) is 11.3. The van der Waals surface area contributed by atoms with Gasteiger partial charge in [-0.15, -0.1) is 11.3 Å². The lowest BCUT2D eigenvalue weighted by atomic mass is 9.93. The number of carbonyl (C=O) groups excluding carboxylic acids is 2. The molecule has 1 aromatic heterocycles. The summed E-state index contributed by atoms with van der Waals surface area (Å²) in [5, 5.41) is 5.12. The molecule has 198 valence electrons. The molecule has 3 aromatic rings. The van der Waals surface area contributed by atoms with Crippen LogP contribution in [-0.4, -0.2) is 34.3 Å². The fraction of sp³-hybridized carbons (Fsp3) is 0.400. The van der Waals surface area contributed by atoms with Gasteiger partial charge in [0.25, 0.3) is 0 Å². The average molecular weight is 524 g/mol. The van der Waals surface area contributed by atoms with Crippen LogP contribution in [0.4, 0.5) is 14.9 Å². The zero-order valence-electron chi connectivity index (χ0n) is 22.6. The van der Waals surface area contributed by atoms with Crippen LogP contribution in [0.15, 0.2) is 60.0 Å². The third kappa shape index (κ3) is 7.65. The Morgan fingerprint density at radius 1 is 0.865 bits per heavy atom. The highest BCUT2D eigenvalue weighted by molar-refractivity contribution is 7.09. The van der Waals surface area contributed by atoms with Crippen molar-refractivity contribution < 1.29 is 14.0 Å². The summed E-state index contributed by atoms with van der Waals surface area (Å²) in [5.41, 5.74) is 3.81. The van der Waals surface area contributed by atoms with E-state index in [1.807, 2.05) is 49.6 Å². The van der Waals surface area contributed by atoms with E-state index in [-0.39, 0.29) is 42.2 Å². The molecule has 0 atom stereocenters. The standard InChI is InChI=1S/C30H38FN3O2S/c1-20(2)26-10-7-11-27(21(3)4)29(26)32-30(36)34(22(5)6)19-28(35)33(18-25-9-8-16-37-25)17-23-12-14-24(31)15-13-23/h7-16,20-22H,17-19H2,1-6H3,(H,32,36). The third-order valence-electron chi connectivity index (χ3n) is 6.36. The molecule has 0 fully saturated rings. The number of hydrogen-bond acceptors (Lipinski definition) is 3. The van der Waals surface area contributed by atoms with Gasteiger partial charge in [0.05, 0.1) is 6.54 Å². The number of thiophene rings is 1. The van der Waals surface area contributed by atoms with Crippen molar-refractivity contribution in [2.75, 3.05) is 11.9 Å². The number of urea groups is 1. The molecule has 0 unspecified atom stereocenters. The number of rotatable bonds is 10. The van der Waals surface area contributed by atoms with Crippen LogP contribution in [-0.2, 0) is 17.9 Å². The number of benzene rings is 2. The van der Waals surface area contributed by atoms with Gasteiger partial charge in [-0.25, -0.2) is 9.18 Å². The number of amides is 3. The van der Waals surface area contributed by atoms with E-state index in [9.17, 15) is 14.0 Å². The smallest absolute Gasteiger partial charge is 0.322 e. The highest BCUT2D eigenvalue weighted by atomic mass is 32.1. The normalized spacial score (nSPS) is 11.3. The molecule has 0 aliphatic carbocycles. The SMILES string of the molecule is CC(C)c1cccc(C(C)C)c1NC(=O)N(CC(=O)N(Cc1ccc(F)cc1)Cc1cccs1)C(C)C. The summed E-state index contributed by atoms with van der Waals surface area (Å²) in [4.78, 5) is 31.5. The van der Waals surface area contributed by atoms with Gasteiger partial charge in [-0.3, -0.25) is 4.79 Å². The van der Waals surface area contributed by atoms with E-state index < -0.39 is 0 Å². The molecule has 3 rings (SSSR count). The van der Waals surface area contributed by atoms with E-state index >= 15 is 0 Å². The molecule has 37 heavy (non-hydrogen) atoms. The van der Waals surface area contributed by atoms with Crippen LogP contribution in [0.2, 0.25) is 0 Å². The molecule has 0 saturated heterocycles. The van der Waals surface area contributed by atoms with Crippen molar-refractivity contribution in [3.05, 3.63) is 87.4 Å². The van der Waals surface area contributed by atoms with Crippen LogP contribution in [0.3, 0.4) is 0 Å². The van der Waals surface area contributed by atoms with Crippen molar-refractivity contribution in [1.82, 2.24) is 9.80 Å². The highest BCUT2D eigenvalue weighted by Crippen LogP contribution is 2.32. The molecule has 3 amide bonds. The Bertz CT molecular complexity index is 1150. The molecular weight excluding hydrogens is 485 g/mol. The molecule has 0 radical (unpaired) electrons. The number of nitrogens with one attached hydrogen (secondary N) is 1. The van der Waals surface area contributed by atoms with E-state index in [0.29, 0.717) is 13.1 Å². The third-order valence-corrected chi connectivity index (χ3v) is 7.22. The molecule has 0 aliphatic rings. The minimum atomic E-state index is -0.315. The average Bonchev–Trinajstić information content (AvgIpc) is 3.36. The molecule has 0 spiro atoms. The van der Waals surface area contributed by atoms with Crippen molar-refractivity contribution in [2.24, 2.45) is 0 Å². The van der Waals surface area contributed by atoms with Gasteiger partial charge in [0.1, 0.15) is 12.4 Å². The van der Waals surface area contributed by atoms with E-state index in [1.54, 1.807) is 33.3 Å². The largest absolute Gasteiger partial charge is 0.332 e. The summed E-state index contributed by atoms with van der Waals surface area (Å²) in [5.74, 6) is -0.00644. The Labute approximate surface area is 224 Å². The van der Waals surface area contributed by atoms with E-state index in [2.05, 4.69) is 33.0 Å². The van der Waals surface area contributed by atoms with Gasteiger partial charge in [0.15, 0.2) is 0 Å². The Morgan fingerprint density at radius 2 is 1.49 bits per heavy atom. The van der Waals surface area contributed by atoms with Crippen LogP contribution in [0.25, 0.3) is 0 Å². The highest BCUT2D eigenvalue weighted by Gasteiger charge is 2.26. The minimum Gasteiger partial charge on any atom is -0.332 e.